The maximum Gasteiger partial charge on any atom is 0.332 e. The van der Waals surface area contributed by atoms with E-state index in [1.54, 1.807) is 13.8 Å². The lowest BCUT2D eigenvalue weighted by Crippen LogP contribution is -2.61. The fourth-order valence-corrected chi connectivity index (χ4v) is 1.94. The van der Waals surface area contributed by atoms with Crippen LogP contribution in [0.2, 0.25) is 0 Å². The minimum absolute atomic E-state index is 0.0462. The third-order valence-corrected chi connectivity index (χ3v) is 3.01. The predicted molar refractivity (Wildman–Crippen MR) is 48.8 cm³/mol. The monoisotopic (exact) mass is 201 g/mol. The minimum atomic E-state index is -1.24. The van der Waals surface area contributed by atoms with Crippen molar-refractivity contribution in [2.24, 2.45) is 5.41 Å². The van der Waals surface area contributed by atoms with Crippen LogP contribution in [0.25, 0.3) is 0 Å². The van der Waals surface area contributed by atoms with Crippen molar-refractivity contribution in [2.75, 3.05) is 20.3 Å². The number of hydrogen-bond acceptors (Lipinski definition) is 3. The first-order chi connectivity index (χ1) is 6.38. The van der Waals surface area contributed by atoms with Gasteiger partial charge in [0.2, 0.25) is 6.41 Å². The summed E-state index contributed by atoms with van der Waals surface area (Å²) in [5, 5.41) is 9.22. The Morgan fingerprint density at radius 3 is 2.36 bits per heavy atom. The first-order valence-corrected chi connectivity index (χ1v) is 4.38. The van der Waals surface area contributed by atoms with Crippen LogP contribution in [-0.4, -0.2) is 48.2 Å². The summed E-state index contributed by atoms with van der Waals surface area (Å²) >= 11 is 0. The quantitative estimate of drug-likeness (QED) is 0.650. The molecule has 1 N–H and O–H groups in total. The Bertz CT molecular complexity index is 264. The third kappa shape index (κ3) is 1.19. The largest absolute Gasteiger partial charge is 0.479 e. The maximum atomic E-state index is 11.3. The molecule has 5 nitrogen and oxygen atoms in total. The molecule has 1 aliphatic rings. The second kappa shape index (κ2) is 3.24. The van der Waals surface area contributed by atoms with E-state index in [-0.39, 0.29) is 6.61 Å². The number of likely N-dealkylation sites (N-methyl/N-ethyl adjacent to an activating group) is 1. The molecular formula is C9H15NO4. The summed E-state index contributed by atoms with van der Waals surface area (Å²) in [6, 6.07) is 0. The number of aliphatic carboxylic acids is 1. The zero-order chi connectivity index (χ0) is 11.0. The number of ether oxygens (including phenoxy) is 1. The lowest BCUT2D eigenvalue weighted by Gasteiger charge is -2.40. The van der Waals surface area contributed by atoms with E-state index in [2.05, 4.69) is 0 Å². The van der Waals surface area contributed by atoms with Gasteiger partial charge in [-0.05, 0) is 0 Å². The number of rotatable bonds is 3. The lowest BCUT2D eigenvalue weighted by atomic mass is 9.74. The Labute approximate surface area is 82.6 Å². The maximum absolute atomic E-state index is 11.3. The average Bonchev–Trinajstić information content (AvgIpc) is 2.40. The van der Waals surface area contributed by atoms with Crippen molar-refractivity contribution in [3.05, 3.63) is 0 Å². The molecule has 1 aliphatic heterocycles. The van der Waals surface area contributed by atoms with E-state index in [0.29, 0.717) is 13.0 Å². The van der Waals surface area contributed by atoms with Gasteiger partial charge in [0.15, 0.2) is 5.54 Å². The molecular weight excluding hydrogens is 186 g/mol. The first kappa shape index (κ1) is 11.0. The number of carbonyl (C=O) groups is 2. The molecule has 1 atom stereocenters. The van der Waals surface area contributed by atoms with Gasteiger partial charge in [-0.15, -0.1) is 0 Å². The number of carbonyl (C=O) groups excluding carboxylic acids is 1. The first-order valence-electron chi connectivity index (χ1n) is 4.38. The normalized spacial score (nSPS) is 29.9. The van der Waals surface area contributed by atoms with Crippen molar-refractivity contribution < 1.29 is 19.4 Å². The average molecular weight is 201 g/mol. The molecule has 1 rings (SSSR count). The molecule has 0 aromatic rings. The van der Waals surface area contributed by atoms with Gasteiger partial charge >= 0.3 is 5.97 Å². The molecule has 1 heterocycles. The summed E-state index contributed by atoms with van der Waals surface area (Å²) < 4.78 is 5.18. The summed E-state index contributed by atoms with van der Waals surface area (Å²) in [5.41, 5.74) is -1.82. The molecule has 0 aromatic carbocycles. The van der Waals surface area contributed by atoms with Crippen LogP contribution >= 0.6 is 0 Å². The predicted octanol–water partition coefficient (Wildman–Crippen LogP) is -0.0456. The lowest BCUT2D eigenvalue weighted by molar-refractivity contribution is -0.159. The Balaban J connectivity index is 3.16. The summed E-state index contributed by atoms with van der Waals surface area (Å²) in [6.07, 6.45) is 0.532. The number of nitrogens with zero attached hydrogens (tertiary/aromatic N) is 1. The van der Waals surface area contributed by atoms with Crippen LogP contribution in [0.5, 0.6) is 0 Å². The van der Waals surface area contributed by atoms with Gasteiger partial charge in [-0.1, -0.05) is 13.8 Å². The topological polar surface area (TPSA) is 66.8 Å². The highest BCUT2D eigenvalue weighted by Gasteiger charge is 2.58. The molecule has 0 spiro atoms. The van der Waals surface area contributed by atoms with Crippen molar-refractivity contribution in [3.63, 3.8) is 0 Å². The molecule has 1 saturated heterocycles. The molecule has 5 heteroatoms. The molecule has 14 heavy (non-hydrogen) atoms. The van der Waals surface area contributed by atoms with E-state index in [9.17, 15) is 14.7 Å². The van der Waals surface area contributed by atoms with E-state index in [1.807, 2.05) is 0 Å². The van der Waals surface area contributed by atoms with Crippen LogP contribution in [0.15, 0.2) is 0 Å². The second-order valence-electron chi connectivity index (χ2n) is 4.26. The van der Waals surface area contributed by atoms with Crippen LogP contribution in [0, 0.1) is 5.41 Å². The molecule has 0 aliphatic carbocycles. The van der Waals surface area contributed by atoms with E-state index in [0.717, 1.165) is 0 Å². The Hall–Kier alpha value is -1.10. The third-order valence-electron chi connectivity index (χ3n) is 3.01. The van der Waals surface area contributed by atoms with E-state index >= 15 is 0 Å². The molecule has 0 bridgehead atoms. The summed E-state index contributed by atoms with van der Waals surface area (Å²) in [7, 11) is 1.47. The van der Waals surface area contributed by atoms with Crippen LogP contribution in [-0.2, 0) is 14.3 Å². The highest BCUT2D eigenvalue weighted by molar-refractivity contribution is 5.83. The molecule has 0 saturated carbocycles. The van der Waals surface area contributed by atoms with Gasteiger partial charge in [0, 0.05) is 12.5 Å². The van der Waals surface area contributed by atoms with Crippen LogP contribution in [0.1, 0.15) is 13.8 Å². The number of amides is 1. The number of hydrogen-bond donors (Lipinski definition) is 1. The van der Waals surface area contributed by atoms with Crippen LogP contribution in [0.4, 0.5) is 0 Å². The van der Waals surface area contributed by atoms with Crippen molar-refractivity contribution >= 4 is 12.4 Å². The summed E-state index contributed by atoms with van der Waals surface area (Å²) in [6.45, 7) is 3.96. The zero-order valence-corrected chi connectivity index (χ0v) is 8.61. The van der Waals surface area contributed by atoms with Crippen LogP contribution in [0.3, 0.4) is 0 Å². The molecule has 80 valence electrons. The van der Waals surface area contributed by atoms with Crippen LogP contribution < -0.4 is 0 Å². The highest BCUT2D eigenvalue weighted by Crippen LogP contribution is 2.40. The Kier molecular flexibility index (Phi) is 2.54. The van der Waals surface area contributed by atoms with Gasteiger partial charge in [-0.2, -0.15) is 0 Å². The fourth-order valence-electron chi connectivity index (χ4n) is 1.94. The van der Waals surface area contributed by atoms with Gasteiger partial charge in [-0.3, -0.25) is 4.79 Å². The highest BCUT2D eigenvalue weighted by atomic mass is 16.5. The van der Waals surface area contributed by atoms with E-state index < -0.39 is 16.9 Å². The van der Waals surface area contributed by atoms with E-state index in [1.165, 1.54) is 11.9 Å². The number of carboxylic acid groups (broad SMARTS) is 1. The molecule has 0 radical (unpaired) electrons. The number of carboxylic acids is 1. The molecule has 1 amide bonds. The van der Waals surface area contributed by atoms with Gasteiger partial charge in [-0.25, -0.2) is 4.79 Å². The second-order valence-corrected chi connectivity index (χ2v) is 4.26. The minimum Gasteiger partial charge on any atom is -0.479 e. The Morgan fingerprint density at radius 2 is 2.07 bits per heavy atom. The summed E-state index contributed by atoms with van der Waals surface area (Å²) in [5.74, 6) is -1.02. The molecule has 0 aromatic heterocycles. The zero-order valence-electron chi connectivity index (χ0n) is 8.61. The van der Waals surface area contributed by atoms with Gasteiger partial charge in [0.05, 0.1) is 13.2 Å². The standard InChI is InChI=1S/C9H15NO4/c1-8(2)4-14-5-9(8,7(12)13)10(3)6-11/h6H,4-5H2,1-3H3,(H,12,13). The molecule has 1 unspecified atom stereocenters. The van der Waals surface area contributed by atoms with Crippen molar-refractivity contribution in [1.29, 1.82) is 0 Å². The van der Waals surface area contributed by atoms with Gasteiger partial charge in [0.25, 0.3) is 0 Å². The Morgan fingerprint density at radius 1 is 1.50 bits per heavy atom. The molecule has 1 fully saturated rings. The van der Waals surface area contributed by atoms with Gasteiger partial charge < -0.3 is 14.7 Å². The van der Waals surface area contributed by atoms with Crippen molar-refractivity contribution in [3.8, 4) is 0 Å². The van der Waals surface area contributed by atoms with Gasteiger partial charge in [0.1, 0.15) is 0 Å². The summed E-state index contributed by atoms with van der Waals surface area (Å²) in [4.78, 5) is 23.1. The SMILES string of the molecule is CN(C=O)C1(C(=O)O)COCC1(C)C. The fraction of sp³-hybridized carbons (Fsp3) is 0.778. The smallest absolute Gasteiger partial charge is 0.332 e. The van der Waals surface area contributed by atoms with Crippen molar-refractivity contribution in [1.82, 2.24) is 4.90 Å². The van der Waals surface area contributed by atoms with Crippen molar-refractivity contribution in [2.45, 2.75) is 19.4 Å². The van der Waals surface area contributed by atoms with E-state index in [4.69, 9.17) is 4.74 Å².